The first kappa shape index (κ1) is 13.6. The van der Waals surface area contributed by atoms with Gasteiger partial charge in [0.05, 0.1) is 0 Å². The Morgan fingerprint density at radius 2 is 1.95 bits per heavy atom. The fourth-order valence-corrected chi connectivity index (χ4v) is 1.49. The minimum atomic E-state index is -0.788. The van der Waals surface area contributed by atoms with Gasteiger partial charge in [-0.1, -0.05) is 18.2 Å². The summed E-state index contributed by atoms with van der Waals surface area (Å²) in [7, 11) is 0. The van der Waals surface area contributed by atoms with E-state index >= 15 is 0 Å². The zero-order chi connectivity index (χ0) is 14.5. The highest BCUT2D eigenvalue weighted by molar-refractivity contribution is 5.93. The van der Waals surface area contributed by atoms with E-state index in [9.17, 15) is 14.4 Å². The van der Waals surface area contributed by atoms with Gasteiger partial charge in [0.25, 0.3) is 11.5 Å². The summed E-state index contributed by atoms with van der Waals surface area (Å²) in [6.45, 7) is 1.56. The Balaban J connectivity index is 2.04. The van der Waals surface area contributed by atoms with Crippen molar-refractivity contribution in [2.45, 2.75) is 13.0 Å². The first-order chi connectivity index (χ1) is 9.56. The zero-order valence-electron chi connectivity index (χ0n) is 10.7. The van der Waals surface area contributed by atoms with Crippen LogP contribution in [-0.4, -0.2) is 22.0 Å². The lowest BCUT2D eigenvalue weighted by Crippen LogP contribution is -2.33. The molecule has 1 amide bonds. The molecule has 0 aliphatic heterocycles. The maximum Gasteiger partial charge on any atom is 0.325 e. The highest BCUT2D eigenvalue weighted by Gasteiger charge is 2.16. The monoisotopic (exact) mass is 275 g/mol. The highest BCUT2D eigenvalue weighted by Crippen LogP contribution is 2.11. The molecule has 1 atom stereocenters. The van der Waals surface area contributed by atoms with Crippen molar-refractivity contribution in [3.05, 3.63) is 57.4 Å². The van der Waals surface area contributed by atoms with Crippen LogP contribution in [0.25, 0.3) is 0 Å². The molecule has 0 fully saturated rings. The normalized spacial score (nSPS) is 11.7. The fourth-order valence-electron chi connectivity index (χ4n) is 1.49. The van der Waals surface area contributed by atoms with Crippen LogP contribution in [0.1, 0.15) is 6.92 Å². The predicted octanol–water partition coefficient (Wildman–Crippen LogP) is 0.469. The van der Waals surface area contributed by atoms with Gasteiger partial charge in [-0.3, -0.25) is 14.6 Å². The van der Waals surface area contributed by atoms with Crippen molar-refractivity contribution in [2.24, 2.45) is 0 Å². The van der Waals surface area contributed by atoms with Crippen molar-refractivity contribution < 1.29 is 9.53 Å². The van der Waals surface area contributed by atoms with E-state index in [0.717, 1.165) is 6.20 Å². The number of rotatable bonds is 4. The van der Waals surface area contributed by atoms with Crippen LogP contribution in [0.5, 0.6) is 5.75 Å². The van der Waals surface area contributed by atoms with Gasteiger partial charge < -0.3 is 15.0 Å². The minimum absolute atomic E-state index is 0.0434. The number of nitrogens with one attached hydrogen (secondary N) is 3. The molecule has 1 aromatic heterocycles. The molecule has 0 aliphatic carbocycles. The third-order valence-electron chi connectivity index (χ3n) is 2.50. The van der Waals surface area contributed by atoms with Crippen molar-refractivity contribution in [1.82, 2.24) is 9.97 Å². The second-order valence-corrected chi connectivity index (χ2v) is 4.05. The largest absolute Gasteiger partial charge is 0.481 e. The Morgan fingerprint density at radius 3 is 2.60 bits per heavy atom. The van der Waals surface area contributed by atoms with Crippen LogP contribution < -0.4 is 21.3 Å². The number of H-pyrrole nitrogens is 2. The number of ether oxygens (including phenoxy) is 1. The summed E-state index contributed by atoms with van der Waals surface area (Å²) in [6, 6.07) is 8.84. The second kappa shape index (κ2) is 5.87. The Morgan fingerprint density at radius 1 is 1.25 bits per heavy atom. The number of carbonyl (C=O) groups excluding carboxylic acids is 1. The summed E-state index contributed by atoms with van der Waals surface area (Å²) in [5.74, 6) is 0.0527. The fraction of sp³-hybridized carbons (Fsp3) is 0.154. The molecule has 0 saturated heterocycles. The molecule has 2 aromatic rings. The molecular weight excluding hydrogens is 262 g/mol. The van der Waals surface area contributed by atoms with Crippen LogP contribution in [0.2, 0.25) is 0 Å². The summed E-state index contributed by atoms with van der Waals surface area (Å²) in [5.41, 5.74) is -1.35. The lowest BCUT2D eigenvalue weighted by molar-refractivity contribution is -0.122. The number of carbonyl (C=O) groups is 1. The van der Waals surface area contributed by atoms with Crippen molar-refractivity contribution in [3.8, 4) is 5.75 Å². The quantitative estimate of drug-likeness (QED) is 0.754. The Kier molecular flexibility index (Phi) is 3.99. The van der Waals surface area contributed by atoms with Crippen LogP contribution in [0, 0.1) is 0 Å². The second-order valence-electron chi connectivity index (χ2n) is 4.05. The molecule has 104 valence electrons. The summed E-state index contributed by atoms with van der Waals surface area (Å²) in [4.78, 5) is 38.4. The molecule has 1 heterocycles. The average Bonchev–Trinajstić information content (AvgIpc) is 2.43. The SMILES string of the molecule is CC(Oc1ccccc1)C(=O)Nc1c[nH]c(=O)[nH]c1=O. The van der Waals surface area contributed by atoms with E-state index in [0.29, 0.717) is 5.75 Å². The molecule has 1 unspecified atom stereocenters. The first-order valence-corrected chi connectivity index (χ1v) is 5.91. The number of aromatic nitrogens is 2. The lowest BCUT2D eigenvalue weighted by atomic mass is 10.3. The number of anilines is 1. The van der Waals surface area contributed by atoms with Gasteiger partial charge in [-0.05, 0) is 19.1 Å². The first-order valence-electron chi connectivity index (χ1n) is 5.91. The molecule has 2 rings (SSSR count). The lowest BCUT2D eigenvalue weighted by Gasteiger charge is -2.14. The van der Waals surface area contributed by atoms with Gasteiger partial charge in [0, 0.05) is 6.20 Å². The summed E-state index contributed by atoms with van der Waals surface area (Å²) in [5, 5.41) is 2.38. The van der Waals surface area contributed by atoms with Gasteiger partial charge in [-0.2, -0.15) is 0 Å². The average molecular weight is 275 g/mol. The maximum absolute atomic E-state index is 11.9. The van der Waals surface area contributed by atoms with Crippen molar-refractivity contribution in [2.75, 3.05) is 5.32 Å². The number of aromatic amines is 2. The number of amides is 1. The van der Waals surface area contributed by atoms with Crippen molar-refractivity contribution in [3.63, 3.8) is 0 Å². The van der Waals surface area contributed by atoms with Crippen LogP contribution in [-0.2, 0) is 4.79 Å². The van der Waals surface area contributed by atoms with Gasteiger partial charge in [0.2, 0.25) is 0 Å². The summed E-state index contributed by atoms with van der Waals surface area (Å²) in [6.07, 6.45) is 0.345. The Hall–Kier alpha value is -2.83. The third-order valence-corrected chi connectivity index (χ3v) is 2.50. The number of para-hydroxylation sites is 1. The Bertz CT molecular complexity index is 705. The highest BCUT2D eigenvalue weighted by atomic mass is 16.5. The van der Waals surface area contributed by atoms with Crippen molar-refractivity contribution in [1.29, 1.82) is 0 Å². The van der Waals surface area contributed by atoms with Gasteiger partial charge >= 0.3 is 5.69 Å². The van der Waals surface area contributed by atoms with Crippen LogP contribution in [0.3, 0.4) is 0 Å². The molecule has 7 nitrogen and oxygen atoms in total. The van der Waals surface area contributed by atoms with E-state index < -0.39 is 23.3 Å². The van der Waals surface area contributed by atoms with E-state index in [1.54, 1.807) is 31.2 Å². The standard InChI is InChI=1S/C13H13N3O4/c1-8(20-9-5-3-2-4-6-9)11(17)15-10-7-14-13(19)16-12(10)18/h2-8H,1H3,(H,15,17)(H2,14,16,18,19). The molecule has 20 heavy (non-hydrogen) atoms. The topological polar surface area (TPSA) is 104 Å². The predicted molar refractivity (Wildman–Crippen MR) is 72.8 cm³/mol. The molecule has 1 aromatic carbocycles. The van der Waals surface area contributed by atoms with Crippen LogP contribution >= 0.6 is 0 Å². The van der Waals surface area contributed by atoms with E-state index in [2.05, 4.69) is 10.3 Å². The van der Waals surface area contributed by atoms with E-state index in [4.69, 9.17) is 4.74 Å². The van der Waals surface area contributed by atoms with E-state index in [1.807, 2.05) is 11.1 Å². The summed E-state index contributed by atoms with van der Waals surface area (Å²) >= 11 is 0. The third kappa shape index (κ3) is 3.35. The van der Waals surface area contributed by atoms with Gasteiger partial charge in [-0.15, -0.1) is 0 Å². The molecule has 0 bridgehead atoms. The number of hydrogen-bond donors (Lipinski definition) is 3. The van der Waals surface area contributed by atoms with Gasteiger partial charge in [0.15, 0.2) is 6.10 Å². The molecule has 3 N–H and O–H groups in total. The number of hydrogen-bond acceptors (Lipinski definition) is 4. The smallest absolute Gasteiger partial charge is 0.325 e. The minimum Gasteiger partial charge on any atom is -0.481 e. The molecule has 7 heteroatoms. The molecule has 0 saturated carbocycles. The van der Waals surface area contributed by atoms with Crippen LogP contribution in [0.4, 0.5) is 5.69 Å². The molecular formula is C13H13N3O4. The van der Waals surface area contributed by atoms with E-state index in [1.165, 1.54) is 0 Å². The molecule has 0 spiro atoms. The van der Waals surface area contributed by atoms with Crippen molar-refractivity contribution >= 4 is 11.6 Å². The van der Waals surface area contributed by atoms with E-state index in [-0.39, 0.29) is 5.69 Å². The van der Waals surface area contributed by atoms with Gasteiger partial charge in [0.1, 0.15) is 11.4 Å². The maximum atomic E-state index is 11.9. The molecule has 0 aliphatic rings. The van der Waals surface area contributed by atoms with Gasteiger partial charge in [-0.25, -0.2) is 4.79 Å². The zero-order valence-corrected chi connectivity index (χ0v) is 10.7. The Labute approximate surface area is 113 Å². The summed E-state index contributed by atoms with van der Waals surface area (Å²) < 4.78 is 5.42. The van der Waals surface area contributed by atoms with Crippen LogP contribution in [0.15, 0.2) is 46.1 Å². The number of benzene rings is 1. The molecule has 0 radical (unpaired) electrons.